The maximum atomic E-state index is 12.6. The van der Waals surface area contributed by atoms with E-state index in [1.165, 1.54) is 12.0 Å². The number of aryl methyl sites for hydroxylation is 1. The zero-order valence-electron chi connectivity index (χ0n) is 17.3. The third-order valence-electron chi connectivity index (χ3n) is 4.76. The van der Waals surface area contributed by atoms with Gasteiger partial charge >= 0.3 is 0 Å². The van der Waals surface area contributed by atoms with E-state index in [-0.39, 0.29) is 5.91 Å². The molecule has 0 bridgehead atoms. The molecular formula is C25H26ClNO3. The Morgan fingerprint density at radius 3 is 2.30 bits per heavy atom. The fourth-order valence-electron chi connectivity index (χ4n) is 3.01. The molecule has 0 saturated carbocycles. The van der Waals surface area contributed by atoms with E-state index in [0.717, 1.165) is 24.1 Å². The predicted molar refractivity (Wildman–Crippen MR) is 122 cm³/mol. The average Bonchev–Trinajstić information content (AvgIpc) is 2.78. The van der Waals surface area contributed by atoms with E-state index in [2.05, 4.69) is 24.4 Å². The first-order chi connectivity index (χ1) is 14.6. The number of carbonyl (C=O) groups excluding carboxylic acids is 1. The van der Waals surface area contributed by atoms with Crippen LogP contribution in [-0.2, 0) is 13.0 Å². The van der Waals surface area contributed by atoms with Gasteiger partial charge in [-0.3, -0.25) is 4.79 Å². The molecule has 0 aromatic heterocycles. The normalized spacial score (nSPS) is 10.5. The van der Waals surface area contributed by atoms with Crippen LogP contribution >= 0.6 is 11.6 Å². The Kier molecular flexibility index (Phi) is 7.75. The molecule has 0 heterocycles. The van der Waals surface area contributed by atoms with Crippen LogP contribution in [-0.4, -0.2) is 13.0 Å². The van der Waals surface area contributed by atoms with Crippen LogP contribution in [0.4, 0.5) is 5.69 Å². The van der Waals surface area contributed by atoms with Gasteiger partial charge in [0.2, 0.25) is 0 Å². The monoisotopic (exact) mass is 423 g/mol. The van der Waals surface area contributed by atoms with Crippen LogP contribution < -0.4 is 14.8 Å². The zero-order chi connectivity index (χ0) is 21.3. The highest BCUT2D eigenvalue weighted by Crippen LogP contribution is 2.29. The van der Waals surface area contributed by atoms with E-state index in [1.807, 2.05) is 36.4 Å². The number of carbonyl (C=O) groups is 1. The lowest BCUT2D eigenvalue weighted by atomic mass is 10.1. The molecule has 3 rings (SSSR count). The number of unbranched alkanes of at least 4 members (excludes halogenated alkanes) is 1. The van der Waals surface area contributed by atoms with Gasteiger partial charge in [-0.25, -0.2) is 0 Å². The molecule has 0 aliphatic heterocycles. The van der Waals surface area contributed by atoms with Gasteiger partial charge in [0.05, 0.1) is 7.11 Å². The molecule has 3 aromatic rings. The van der Waals surface area contributed by atoms with Crippen LogP contribution in [0.25, 0.3) is 0 Å². The van der Waals surface area contributed by atoms with Crippen molar-refractivity contribution in [3.8, 4) is 11.5 Å². The Labute approximate surface area is 182 Å². The maximum absolute atomic E-state index is 12.6. The summed E-state index contributed by atoms with van der Waals surface area (Å²) in [5, 5.41) is 3.61. The van der Waals surface area contributed by atoms with Gasteiger partial charge in [-0.15, -0.1) is 0 Å². The first-order valence-electron chi connectivity index (χ1n) is 10.0. The zero-order valence-corrected chi connectivity index (χ0v) is 18.0. The summed E-state index contributed by atoms with van der Waals surface area (Å²) in [7, 11) is 1.56. The van der Waals surface area contributed by atoms with Crippen LogP contribution in [0.5, 0.6) is 11.5 Å². The van der Waals surface area contributed by atoms with Gasteiger partial charge in [-0.1, -0.05) is 49.2 Å². The van der Waals surface area contributed by atoms with Crippen molar-refractivity contribution >= 4 is 23.2 Å². The number of anilines is 1. The molecule has 4 nitrogen and oxygen atoms in total. The summed E-state index contributed by atoms with van der Waals surface area (Å²) in [5.74, 6) is 0.884. The number of amides is 1. The topological polar surface area (TPSA) is 47.6 Å². The fraction of sp³-hybridized carbons (Fsp3) is 0.240. The Hall–Kier alpha value is -2.98. The Morgan fingerprint density at radius 2 is 1.63 bits per heavy atom. The molecule has 1 N–H and O–H groups in total. The molecule has 3 aromatic carbocycles. The minimum atomic E-state index is -0.196. The summed E-state index contributed by atoms with van der Waals surface area (Å²) < 4.78 is 11.3. The molecule has 30 heavy (non-hydrogen) atoms. The van der Waals surface area contributed by atoms with Crippen LogP contribution in [0, 0.1) is 0 Å². The third kappa shape index (κ3) is 6.01. The van der Waals surface area contributed by atoms with E-state index < -0.39 is 0 Å². The number of rotatable bonds is 9. The SMILES string of the molecule is CCCCc1ccc(NC(=O)c2ccc(OCc3ccc(Cl)cc3)c(OC)c2)cc1. The summed E-state index contributed by atoms with van der Waals surface area (Å²) in [4.78, 5) is 12.6. The average molecular weight is 424 g/mol. The standard InChI is InChI=1S/C25H26ClNO3/c1-3-4-5-18-8-13-22(14-9-18)27-25(28)20-10-15-23(24(16-20)29-2)30-17-19-6-11-21(26)12-7-19/h6-16H,3-5,17H2,1-2H3,(H,27,28). The first kappa shape index (κ1) is 21.7. The van der Waals surface area contributed by atoms with Gasteiger partial charge in [-0.05, 0) is 66.4 Å². The maximum Gasteiger partial charge on any atom is 0.255 e. The van der Waals surface area contributed by atoms with E-state index in [1.54, 1.807) is 25.3 Å². The Balaban J connectivity index is 1.64. The number of halogens is 1. The molecule has 1 amide bonds. The van der Waals surface area contributed by atoms with Crippen molar-refractivity contribution in [3.05, 3.63) is 88.4 Å². The highest BCUT2D eigenvalue weighted by atomic mass is 35.5. The summed E-state index contributed by atoms with van der Waals surface area (Å²) in [5.41, 5.74) is 3.53. The Morgan fingerprint density at radius 1 is 0.933 bits per heavy atom. The molecule has 5 heteroatoms. The third-order valence-corrected chi connectivity index (χ3v) is 5.02. The Bertz CT molecular complexity index is 969. The minimum absolute atomic E-state index is 0.196. The lowest BCUT2D eigenvalue weighted by Gasteiger charge is -2.13. The largest absolute Gasteiger partial charge is 0.493 e. The molecule has 0 spiro atoms. The highest BCUT2D eigenvalue weighted by Gasteiger charge is 2.12. The van der Waals surface area contributed by atoms with Gasteiger partial charge in [0, 0.05) is 16.3 Å². The lowest BCUT2D eigenvalue weighted by Crippen LogP contribution is -2.12. The molecule has 0 fully saturated rings. The van der Waals surface area contributed by atoms with Gasteiger partial charge in [0.15, 0.2) is 11.5 Å². The predicted octanol–water partition coefficient (Wildman–Crippen LogP) is 6.52. The van der Waals surface area contributed by atoms with Crippen molar-refractivity contribution in [1.82, 2.24) is 0 Å². The van der Waals surface area contributed by atoms with Crippen LogP contribution in [0.3, 0.4) is 0 Å². The lowest BCUT2D eigenvalue weighted by molar-refractivity contribution is 0.102. The summed E-state index contributed by atoms with van der Waals surface area (Å²) in [6.07, 6.45) is 3.39. The van der Waals surface area contributed by atoms with Crippen LogP contribution in [0.2, 0.25) is 5.02 Å². The van der Waals surface area contributed by atoms with Crippen molar-refractivity contribution in [1.29, 1.82) is 0 Å². The first-order valence-corrected chi connectivity index (χ1v) is 10.4. The van der Waals surface area contributed by atoms with Crippen LogP contribution in [0.1, 0.15) is 41.3 Å². The van der Waals surface area contributed by atoms with Gasteiger partial charge in [0.1, 0.15) is 6.61 Å². The second kappa shape index (κ2) is 10.7. The van der Waals surface area contributed by atoms with Gasteiger partial charge in [-0.2, -0.15) is 0 Å². The van der Waals surface area contributed by atoms with E-state index >= 15 is 0 Å². The molecule has 156 valence electrons. The molecule has 0 aliphatic carbocycles. The molecular weight excluding hydrogens is 398 g/mol. The molecule has 0 radical (unpaired) electrons. The summed E-state index contributed by atoms with van der Waals surface area (Å²) in [6.45, 7) is 2.56. The van der Waals surface area contributed by atoms with Crippen molar-refractivity contribution in [3.63, 3.8) is 0 Å². The molecule has 0 aliphatic rings. The van der Waals surface area contributed by atoms with Gasteiger partial charge < -0.3 is 14.8 Å². The quantitative estimate of drug-likeness (QED) is 0.426. The highest BCUT2D eigenvalue weighted by molar-refractivity contribution is 6.30. The summed E-state index contributed by atoms with van der Waals surface area (Å²) in [6, 6.07) is 20.6. The second-order valence-electron chi connectivity index (χ2n) is 7.04. The second-order valence-corrected chi connectivity index (χ2v) is 7.47. The van der Waals surface area contributed by atoms with Gasteiger partial charge in [0.25, 0.3) is 5.91 Å². The van der Waals surface area contributed by atoms with E-state index in [9.17, 15) is 4.79 Å². The summed E-state index contributed by atoms with van der Waals surface area (Å²) >= 11 is 5.91. The number of hydrogen-bond acceptors (Lipinski definition) is 3. The van der Waals surface area contributed by atoms with Crippen LogP contribution in [0.15, 0.2) is 66.7 Å². The number of methoxy groups -OCH3 is 1. The van der Waals surface area contributed by atoms with E-state index in [0.29, 0.717) is 28.7 Å². The number of nitrogens with one attached hydrogen (secondary N) is 1. The van der Waals surface area contributed by atoms with E-state index in [4.69, 9.17) is 21.1 Å². The van der Waals surface area contributed by atoms with Crippen molar-refractivity contribution in [2.24, 2.45) is 0 Å². The minimum Gasteiger partial charge on any atom is -0.493 e. The number of benzene rings is 3. The molecule has 0 atom stereocenters. The van der Waals surface area contributed by atoms with Crippen molar-refractivity contribution in [2.75, 3.05) is 12.4 Å². The number of ether oxygens (including phenoxy) is 2. The van der Waals surface area contributed by atoms with Crippen molar-refractivity contribution in [2.45, 2.75) is 32.8 Å². The number of hydrogen-bond donors (Lipinski definition) is 1. The fourth-order valence-corrected chi connectivity index (χ4v) is 3.13. The van der Waals surface area contributed by atoms with Crippen molar-refractivity contribution < 1.29 is 14.3 Å². The molecule has 0 saturated heterocycles. The smallest absolute Gasteiger partial charge is 0.255 e. The molecule has 0 unspecified atom stereocenters.